The summed E-state index contributed by atoms with van der Waals surface area (Å²) in [6.07, 6.45) is 4.26. The Morgan fingerprint density at radius 3 is 2.19 bits per heavy atom. The summed E-state index contributed by atoms with van der Waals surface area (Å²) < 4.78 is 41.9. The van der Waals surface area contributed by atoms with Gasteiger partial charge in [0.2, 0.25) is 0 Å². The van der Waals surface area contributed by atoms with Gasteiger partial charge in [0.1, 0.15) is 13.2 Å². The van der Waals surface area contributed by atoms with Crippen LogP contribution in [-0.4, -0.2) is 129 Å². The summed E-state index contributed by atoms with van der Waals surface area (Å²) in [5.74, 6) is 2.47. The van der Waals surface area contributed by atoms with E-state index < -0.39 is 0 Å². The predicted molar refractivity (Wildman–Crippen MR) is 301 cm³/mol. The average molecular weight is 1060 g/mol. The Morgan fingerprint density at radius 1 is 0.787 bits per heavy atom. The van der Waals surface area contributed by atoms with Crippen LogP contribution in [0, 0.1) is 0 Å². The molecule has 2 N–H and O–H groups in total. The van der Waals surface area contributed by atoms with Gasteiger partial charge in [-0.15, -0.1) is 0 Å². The molecule has 0 aromatic heterocycles. The summed E-state index contributed by atoms with van der Waals surface area (Å²) in [6.45, 7) is 9.76. The number of hydroxylamine groups is 1. The number of hydrogen-bond acceptors (Lipinski definition) is 16. The van der Waals surface area contributed by atoms with Crippen molar-refractivity contribution in [2.45, 2.75) is 57.1 Å². The Labute approximate surface area is 449 Å². The van der Waals surface area contributed by atoms with Gasteiger partial charge < -0.3 is 53.1 Å². The first-order valence-electron chi connectivity index (χ1n) is 25.4. The highest BCUT2D eigenvalue weighted by molar-refractivity contribution is 8.77. The zero-order chi connectivity index (χ0) is 52.7. The highest BCUT2D eigenvalue weighted by atomic mass is 33.1. The molecule has 18 heteroatoms. The maximum absolute atomic E-state index is 14.2. The molecule has 0 bridgehead atoms. The van der Waals surface area contributed by atoms with Crippen molar-refractivity contribution >= 4 is 68.1 Å². The van der Waals surface area contributed by atoms with Crippen LogP contribution in [0.1, 0.15) is 63.2 Å². The lowest BCUT2D eigenvalue weighted by Gasteiger charge is -2.34. The number of rotatable bonds is 29. The minimum Gasteiger partial charge on any atom is -0.493 e. The SMILES string of the molecule is CNOCCCSSC(C)(C)CN(CCOCCOCCOC)c1cc(COc2cc3c(cc2OC)C(=O)N2c4ccccc4CC2C=N3)cc(COc2cc(NC)c(C(=O)N3CCc4ccccc43)cc2OC)c1. The van der Waals surface area contributed by atoms with Crippen LogP contribution in [0.4, 0.5) is 28.4 Å². The van der Waals surface area contributed by atoms with Crippen molar-refractivity contribution in [3.63, 3.8) is 0 Å². The number of fused-ring (bicyclic) bond motifs is 5. The van der Waals surface area contributed by atoms with Gasteiger partial charge in [0.25, 0.3) is 11.8 Å². The lowest BCUT2D eigenvalue weighted by molar-refractivity contribution is 0.0264. The minimum atomic E-state index is -0.193. The van der Waals surface area contributed by atoms with Gasteiger partial charge in [-0.2, -0.15) is 0 Å². The monoisotopic (exact) mass is 1060 g/mol. The van der Waals surface area contributed by atoms with Crippen molar-refractivity contribution in [1.29, 1.82) is 0 Å². The number of amides is 2. The molecule has 400 valence electrons. The zero-order valence-electron chi connectivity index (χ0n) is 44.1. The van der Waals surface area contributed by atoms with Gasteiger partial charge in [0.15, 0.2) is 23.0 Å². The van der Waals surface area contributed by atoms with E-state index in [1.807, 2.05) is 80.1 Å². The Balaban J connectivity index is 1.08. The molecule has 1 atom stereocenters. The molecule has 0 fully saturated rings. The number of carbonyl (C=O) groups is 2. The van der Waals surface area contributed by atoms with Crippen LogP contribution in [-0.2, 0) is 45.1 Å². The van der Waals surface area contributed by atoms with Gasteiger partial charge in [0.05, 0.1) is 82.4 Å². The van der Waals surface area contributed by atoms with Crippen LogP contribution >= 0.6 is 21.6 Å². The molecule has 1 unspecified atom stereocenters. The number of anilines is 4. The number of methoxy groups -OCH3 is 3. The Kier molecular flexibility index (Phi) is 19.6. The van der Waals surface area contributed by atoms with Crippen LogP contribution in [0.5, 0.6) is 23.0 Å². The number of aliphatic imine (C=N–C) groups is 1. The lowest BCUT2D eigenvalue weighted by Crippen LogP contribution is -2.38. The molecule has 5 aromatic carbocycles. The van der Waals surface area contributed by atoms with Gasteiger partial charge >= 0.3 is 0 Å². The molecule has 0 saturated carbocycles. The summed E-state index contributed by atoms with van der Waals surface area (Å²) >= 11 is 0. The van der Waals surface area contributed by atoms with Gasteiger partial charge in [-0.1, -0.05) is 58.0 Å². The van der Waals surface area contributed by atoms with E-state index in [-0.39, 0.29) is 35.8 Å². The zero-order valence-corrected chi connectivity index (χ0v) is 45.7. The molecular formula is C57H70N6O10S2. The van der Waals surface area contributed by atoms with Crippen molar-refractivity contribution in [2.24, 2.45) is 4.99 Å². The second-order valence-corrected chi connectivity index (χ2v) is 21.9. The summed E-state index contributed by atoms with van der Waals surface area (Å²) in [7, 11) is 12.1. The largest absolute Gasteiger partial charge is 0.493 e. The minimum absolute atomic E-state index is 0.118. The van der Waals surface area contributed by atoms with E-state index in [4.69, 9.17) is 43.0 Å². The fourth-order valence-corrected chi connectivity index (χ4v) is 12.0. The number of ether oxygens (including phenoxy) is 7. The maximum Gasteiger partial charge on any atom is 0.261 e. The first-order valence-corrected chi connectivity index (χ1v) is 27.7. The number of benzene rings is 5. The fourth-order valence-electron chi connectivity index (χ4n) is 9.43. The highest BCUT2D eigenvalue weighted by Crippen LogP contribution is 2.43. The highest BCUT2D eigenvalue weighted by Gasteiger charge is 2.37. The van der Waals surface area contributed by atoms with E-state index >= 15 is 0 Å². The molecule has 75 heavy (non-hydrogen) atoms. The van der Waals surface area contributed by atoms with E-state index in [9.17, 15) is 9.59 Å². The summed E-state index contributed by atoms with van der Waals surface area (Å²) in [4.78, 5) is 44.6. The number of carbonyl (C=O) groups excluding carboxylic acids is 2. The summed E-state index contributed by atoms with van der Waals surface area (Å²) in [5, 5.41) is 3.23. The smallest absolute Gasteiger partial charge is 0.261 e. The summed E-state index contributed by atoms with van der Waals surface area (Å²) in [5.41, 5.74) is 11.6. The third-order valence-corrected chi connectivity index (χ3v) is 16.4. The predicted octanol–water partition coefficient (Wildman–Crippen LogP) is 9.58. The van der Waals surface area contributed by atoms with Gasteiger partial charge in [0, 0.05) is 93.2 Å². The van der Waals surface area contributed by atoms with Crippen molar-refractivity contribution in [1.82, 2.24) is 5.48 Å². The molecule has 0 spiro atoms. The quantitative estimate of drug-likeness (QED) is 0.0265. The van der Waals surface area contributed by atoms with Crippen LogP contribution in [0.15, 0.2) is 96.0 Å². The third-order valence-electron chi connectivity index (χ3n) is 13.0. The van der Waals surface area contributed by atoms with Crippen molar-refractivity contribution in [3.8, 4) is 23.0 Å². The van der Waals surface area contributed by atoms with E-state index in [1.165, 1.54) is 0 Å². The van der Waals surface area contributed by atoms with Crippen LogP contribution < -0.4 is 44.4 Å². The molecule has 0 radical (unpaired) electrons. The van der Waals surface area contributed by atoms with Crippen LogP contribution in [0.25, 0.3) is 0 Å². The van der Waals surface area contributed by atoms with E-state index in [1.54, 1.807) is 53.6 Å². The van der Waals surface area contributed by atoms with Gasteiger partial charge in [-0.25, -0.2) is 5.48 Å². The number of para-hydroxylation sites is 2. The Bertz CT molecular complexity index is 2780. The standard InChI is InChI=1S/C57H70N6O10S2/c1-57(2,75-74-26-12-20-73-59-4)38-61(19-21-69-24-25-70-23-22-66-5)43-28-39(36-71-53-33-47(58-3)45(31-51(53)67-6)55(64)62-18-17-41-13-8-10-15-49(41)62)27-40(29-43)37-72-54-34-48-46(32-52(54)68-7)56(65)63-44(35-60-48)30-42-14-9-11-16-50(42)63/h8-11,13-16,27-29,31-35,44,58-59H,12,17-26,30,36-38H2,1-7H3. The molecule has 16 nitrogen and oxygen atoms in total. The van der Waals surface area contributed by atoms with E-state index in [2.05, 4.69) is 59.9 Å². The fraction of sp³-hybridized carbons (Fsp3) is 0.421. The Hall–Kier alpha value is -5.99. The van der Waals surface area contributed by atoms with Gasteiger partial charge in [-0.05, 0) is 91.4 Å². The second kappa shape index (κ2) is 26.7. The maximum atomic E-state index is 14.2. The second-order valence-electron chi connectivity index (χ2n) is 18.8. The van der Waals surface area contributed by atoms with E-state index in [0.29, 0.717) is 111 Å². The number of nitrogens with one attached hydrogen (secondary N) is 2. The molecule has 2 amide bonds. The lowest BCUT2D eigenvalue weighted by atomic mass is 10.1. The molecule has 3 heterocycles. The molecular weight excluding hydrogens is 993 g/mol. The third kappa shape index (κ3) is 13.9. The number of nitrogens with zero attached hydrogens (tertiary/aromatic N) is 4. The van der Waals surface area contributed by atoms with Crippen LogP contribution in [0.2, 0.25) is 0 Å². The average Bonchev–Trinajstić information content (AvgIpc) is 4.01. The summed E-state index contributed by atoms with van der Waals surface area (Å²) in [6, 6.07) is 29.3. The molecule has 0 aliphatic carbocycles. The topological polar surface area (TPSA) is 154 Å². The normalized spacial score (nSPS) is 14.5. The van der Waals surface area contributed by atoms with Crippen molar-refractivity contribution in [3.05, 3.63) is 124 Å². The van der Waals surface area contributed by atoms with Gasteiger partial charge in [-0.3, -0.25) is 19.5 Å². The molecule has 3 aliphatic heterocycles. The first kappa shape index (κ1) is 55.2. The first-order chi connectivity index (χ1) is 36.5. The van der Waals surface area contributed by atoms with Crippen molar-refractivity contribution in [2.75, 3.05) is 120 Å². The van der Waals surface area contributed by atoms with Crippen molar-refractivity contribution < 1.29 is 47.6 Å². The Morgan fingerprint density at radius 2 is 1.47 bits per heavy atom. The number of hydrogen-bond donors (Lipinski definition) is 2. The molecule has 0 saturated heterocycles. The van der Waals surface area contributed by atoms with E-state index in [0.717, 1.165) is 57.9 Å². The molecule has 5 aromatic rings. The van der Waals surface area contributed by atoms with Crippen LogP contribution in [0.3, 0.4) is 0 Å². The molecule has 8 rings (SSSR count). The molecule has 3 aliphatic rings.